The van der Waals surface area contributed by atoms with Crippen molar-refractivity contribution in [1.29, 1.82) is 0 Å². The molecule has 106 valence electrons. The number of esters is 1. The number of aromatic nitrogens is 2. The quantitative estimate of drug-likeness (QED) is 0.656. The first-order chi connectivity index (χ1) is 10.2. The van der Waals surface area contributed by atoms with Gasteiger partial charge in [0.05, 0.1) is 7.11 Å². The van der Waals surface area contributed by atoms with Crippen LogP contribution in [0.5, 0.6) is 0 Å². The van der Waals surface area contributed by atoms with Crippen LogP contribution in [0.25, 0.3) is 22.2 Å². The normalized spacial score (nSPS) is 10.6. The second kappa shape index (κ2) is 5.79. The summed E-state index contributed by atoms with van der Waals surface area (Å²) < 4.78 is 11.2. The number of oxazole rings is 1. The van der Waals surface area contributed by atoms with Crippen LogP contribution >= 0.6 is 27.3 Å². The third-order valence-electron chi connectivity index (χ3n) is 2.70. The van der Waals surface area contributed by atoms with Crippen molar-refractivity contribution >= 4 is 33.2 Å². The molecule has 2 heterocycles. The number of methoxy groups -OCH3 is 1. The van der Waals surface area contributed by atoms with Crippen LogP contribution in [-0.2, 0) is 4.74 Å². The molecule has 0 saturated heterocycles. The highest BCUT2D eigenvalue weighted by Crippen LogP contribution is 2.33. The zero-order valence-corrected chi connectivity index (χ0v) is 13.3. The highest BCUT2D eigenvalue weighted by atomic mass is 79.9. The lowest BCUT2D eigenvalue weighted by molar-refractivity contribution is 0.0595. The van der Waals surface area contributed by atoms with E-state index >= 15 is 0 Å². The van der Waals surface area contributed by atoms with Gasteiger partial charge in [-0.05, 0) is 28.1 Å². The number of carbonyl (C=O) groups is 1. The third kappa shape index (κ3) is 2.74. The minimum absolute atomic E-state index is 0.123. The first-order valence-electron chi connectivity index (χ1n) is 5.95. The predicted molar refractivity (Wildman–Crippen MR) is 82.1 cm³/mol. The Kier molecular flexibility index (Phi) is 3.85. The monoisotopic (exact) mass is 364 g/mol. The van der Waals surface area contributed by atoms with Crippen molar-refractivity contribution in [2.24, 2.45) is 0 Å². The molecule has 0 bridgehead atoms. The van der Waals surface area contributed by atoms with Gasteiger partial charge in [0.1, 0.15) is 4.60 Å². The molecule has 0 aliphatic heterocycles. The molecule has 0 spiro atoms. The Balaban J connectivity index is 2.14. The molecule has 0 fully saturated rings. The van der Waals surface area contributed by atoms with Gasteiger partial charge < -0.3 is 9.15 Å². The topological polar surface area (TPSA) is 65.2 Å². The van der Waals surface area contributed by atoms with Gasteiger partial charge in [0.15, 0.2) is 16.5 Å². The molecule has 0 saturated carbocycles. The van der Waals surface area contributed by atoms with Crippen LogP contribution < -0.4 is 0 Å². The molecule has 7 heteroatoms. The summed E-state index contributed by atoms with van der Waals surface area (Å²) in [5, 5.41) is 2.37. The van der Waals surface area contributed by atoms with E-state index in [4.69, 9.17) is 9.15 Å². The van der Waals surface area contributed by atoms with E-state index < -0.39 is 5.97 Å². The molecule has 0 aliphatic carbocycles. The molecule has 3 aromatic rings. The van der Waals surface area contributed by atoms with Crippen LogP contribution in [0.15, 0.2) is 44.7 Å². The first kappa shape index (κ1) is 14.0. The Hall–Kier alpha value is -1.99. The highest BCUT2D eigenvalue weighted by Gasteiger charge is 2.24. The van der Waals surface area contributed by atoms with Gasteiger partial charge in [-0.3, -0.25) is 0 Å². The van der Waals surface area contributed by atoms with Crippen LogP contribution in [0.3, 0.4) is 0 Å². The second-order valence-electron chi connectivity index (χ2n) is 4.03. The maximum Gasteiger partial charge on any atom is 0.360 e. The summed E-state index contributed by atoms with van der Waals surface area (Å²) in [5.41, 5.74) is 0.905. The molecular formula is C14H9BrN2O3S. The van der Waals surface area contributed by atoms with E-state index in [0.717, 1.165) is 5.56 Å². The van der Waals surface area contributed by atoms with Crippen LogP contribution in [0, 0.1) is 0 Å². The minimum atomic E-state index is -0.553. The molecule has 5 nitrogen and oxygen atoms in total. The van der Waals surface area contributed by atoms with E-state index in [2.05, 4.69) is 25.9 Å². The first-order valence-corrected chi connectivity index (χ1v) is 7.62. The van der Waals surface area contributed by atoms with Gasteiger partial charge in [-0.1, -0.05) is 18.2 Å². The summed E-state index contributed by atoms with van der Waals surface area (Å²) in [7, 11) is 1.31. The third-order valence-corrected chi connectivity index (χ3v) is 4.25. The maximum absolute atomic E-state index is 11.9. The van der Waals surface area contributed by atoms with Gasteiger partial charge in [-0.15, -0.1) is 11.3 Å². The Morgan fingerprint density at radius 2 is 2.05 bits per heavy atom. The van der Waals surface area contributed by atoms with E-state index in [1.165, 1.54) is 18.4 Å². The Morgan fingerprint density at radius 3 is 2.67 bits per heavy atom. The van der Waals surface area contributed by atoms with Crippen molar-refractivity contribution < 1.29 is 13.9 Å². The number of ether oxygens (including phenoxy) is 1. The van der Waals surface area contributed by atoms with E-state index in [1.54, 1.807) is 5.38 Å². The van der Waals surface area contributed by atoms with Gasteiger partial charge >= 0.3 is 5.97 Å². The fourth-order valence-corrected chi connectivity index (χ4v) is 3.00. The van der Waals surface area contributed by atoms with Crippen molar-refractivity contribution in [3.05, 3.63) is 46.0 Å². The molecular weight excluding hydrogens is 356 g/mol. The molecule has 0 amide bonds. The number of carbonyl (C=O) groups excluding carboxylic acids is 1. The molecule has 0 aliphatic rings. The lowest BCUT2D eigenvalue weighted by atomic mass is 10.2. The molecule has 0 radical (unpaired) electrons. The lowest BCUT2D eigenvalue weighted by Crippen LogP contribution is -2.03. The zero-order valence-electron chi connectivity index (χ0n) is 10.9. The van der Waals surface area contributed by atoms with Crippen LogP contribution in [0.1, 0.15) is 10.5 Å². The number of hydrogen-bond donors (Lipinski definition) is 0. The Morgan fingerprint density at radius 1 is 1.29 bits per heavy atom. The molecule has 21 heavy (non-hydrogen) atoms. The smallest absolute Gasteiger partial charge is 0.360 e. The number of halogens is 1. The predicted octanol–water partition coefficient (Wildman–Crippen LogP) is 4.01. The molecule has 0 unspecified atom stereocenters. The van der Waals surface area contributed by atoms with Crippen LogP contribution in [0.2, 0.25) is 0 Å². The van der Waals surface area contributed by atoms with Crippen molar-refractivity contribution in [3.8, 4) is 22.2 Å². The van der Waals surface area contributed by atoms with Crippen molar-refractivity contribution in [3.63, 3.8) is 0 Å². The molecule has 1 aromatic carbocycles. The average Bonchev–Trinajstić information content (AvgIpc) is 3.13. The van der Waals surface area contributed by atoms with Gasteiger partial charge in [-0.25, -0.2) is 14.8 Å². The summed E-state index contributed by atoms with van der Waals surface area (Å²) in [6.45, 7) is 0. The number of hydrogen-bond acceptors (Lipinski definition) is 6. The average molecular weight is 365 g/mol. The number of rotatable bonds is 3. The fraction of sp³-hybridized carbons (Fsp3) is 0.0714. The summed E-state index contributed by atoms with van der Waals surface area (Å²) >= 11 is 4.63. The van der Waals surface area contributed by atoms with Crippen LogP contribution in [0.4, 0.5) is 0 Å². The van der Waals surface area contributed by atoms with E-state index in [0.29, 0.717) is 21.3 Å². The Labute approximate surface area is 132 Å². The van der Waals surface area contributed by atoms with Gasteiger partial charge in [0, 0.05) is 10.9 Å². The number of nitrogens with zero attached hydrogens (tertiary/aromatic N) is 2. The number of thiazole rings is 1. The van der Waals surface area contributed by atoms with Gasteiger partial charge in [0.25, 0.3) is 0 Å². The second-order valence-corrected chi connectivity index (χ2v) is 5.70. The fourth-order valence-electron chi connectivity index (χ4n) is 1.76. The molecule has 0 atom stereocenters. The molecule has 3 rings (SSSR count). The molecule has 0 N–H and O–H groups in total. The van der Waals surface area contributed by atoms with E-state index in [-0.39, 0.29) is 5.69 Å². The van der Waals surface area contributed by atoms with E-state index in [9.17, 15) is 4.79 Å². The SMILES string of the molecule is COC(=O)c1nc(-c2ccccc2)oc1-c1nc(Br)cs1. The van der Waals surface area contributed by atoms with Crippen molar-refractivity contribution in [1.82, 2.24) is 9.97 Å². The largest absolute Gasteiger partial charge is 0.464 e. The Bertz CT molecular complexity index is 783. The summed E-state index contributed by atoms with van der Waals surface area (Å²) in [6.07, 6.45) is 0. The molecule has 2 aromatic heterocycles. The summed E-state index contributed by atoms with van der Waals surface area (Å²) in [5.74, 6) is 0.121. The zero-order chi connectivity index (χ0) is 14.8. The minimum Gasteiger partial charge on any atom is -0.464 e. The standard InChI is InChI=1S/C14H9BrN2O3S/c1-19-14(18)10-11(13-16-9(15)7-21-13)20-12(17-10)8-5-3-2-4-6-8/h2-7H,1H3. The number of benzene rings is 1. The van der Waals surface area contributed by atoms with Crippen molar-refractivity contribution in [2.75, 3.05) is 7.11 Å². The summed E-state index contributed by atoms with van der Waals surface area (Å²) in [6, 6.07) is 9.35. The van der Waals surface area contributed by atoms with E-state index in [1.807, 2.05) is 30.3 Å². The highest BCUT2D eigenvalue weighted by molar-refractivity contribution is 9.10. The maximum atomic E-state index is 11.9. The summed E-state index contributed by atoms with van der Waals surface area (Å²) in [4.78, 5) is 20.4. The van der Waals surface area contributed by atoms with Crippen molar-refractivity contribution in [2.45, 2.75) is 0 Å². The van der Waals surface area contributed by atoms with Gasteiger partial charge in [-0.2, -0.15) is 0 Å². The van der Waals surface area contributed by atoms with Gasteiger partial charge in [0.2, 0.25) is 5.89 Å². The van der Waals surface area contributed by atoms with Crippen LogP contribution in [-0.4, -0.2) is 23.0 Å². The lowest BCUT2D eigenvalue weighted by Gasteiger charge is -1.94.